The molecule has 0 aliphatic rings. The van der Waals surface area contributed by atoms with E-state index in [9.17, 15) is 13.2 Å². The van der Waals surface area contributed by atoms with E-state index in [0.717, 1.165) is 0 Å². The van der Waals surface area contributed by atoms with Gasteiger partial charge in [-0.3, -0.25) is 0 Å². The van der Waals surface area contributed by atoms with Crippen LogP contribution in [0.4, 0.5) is 13.2 Å². The second-order valence-corrected chi connectivity index (χ2v) is 3.54. The summed E-state index contributed by atoms with van der Waals surface area (Å²) in [6, 6.07) is 0. The van der Waals surface area contributed by atoms with Crippen molar-refractivity contribution in [1.82, 2.24) is 4.98 Å². The molecule has 1 heterocycles. The molecule has 1 aromatic rings. The third-order valence-corrected chi connectivity index (χ3v) is 2.47. The molecule has 0 aliphatic carbocycles. The fourth-order valence-corrected chi connectivity index (χ4v) is 1.61. The van der Waals surface area contributed by atoms with Gasteiger partial charge in [0.05, 0.1) is 5.69 Å². The molecule has 0 saturated carbocycles. The van der Waals surface area contributed by atoms with Gasteiger partial charge in [-0.1, -0.05) is 22.9 Å². The van der Waals surface area contributed by atoms with E-state index < -0.39 is 11.2 Å². The molecule has 0 bridgehead atoms. The molecule has 0 aromatic carbocycles. The fraction of sp³-hybridized carbons (Fsp3) is 0.400. The van der Waals surface area contributed by atoms with E-state index in [4.69, 9.17) is 17.3 Å². The van der Waals surface area contributed by atoms with Gasteiger partial charge in [0.25, 0.3) is 0 Å². The van der Waals surface area contributed by atoms with Crippen molar-refractivity contribution < 1.29 is 13.2 Å². The molecule has 2 nitrogen and oxygen atoms in total. The highest BCUT2D eigenvalue weighted by Crippen LogP contribution is 2.36. The monoisotopic (exact) mass is 216 g/mol. The van der Waals surface area contributed by atoms with Gasteiger partial charge >= 0.3 is 6.18 Å². The standard InChI is InChI=1S/C5H4ClF3N2S/c6-3-2(1-10)11-4(12-3)5(7,8)9/h1,10H2. The van der Waals surface area contributed by atoms with Crippen LogP contribution in [0.5, 0.6) is 0 Å². The lowest BCUT2D eigenvalue weighted by molar-refractivity contribution is -0.137. The normalized spacial score (nSPS) is 12.1. The second kappa shape index (κ2) is 3.20. The Hall–Kier alpha value is -0.330. The molecule has 0 radical (unpaired) electrons. The van der Waals surface area contributed by atoms with Crippen LogP contribution < -0.4 is 5.73 Å². The Labute approximate surface area is 75.2 Å². The maximum atomic E-state index is 12.0. The fourth-order valence-electron chi connectivity index (χ4n) is 0.580. The number of halogens is 4. The number of rotatable bonds is 1. The SMILES string of the molecule is NCc1nc(C(F)(F)F)sc1Cl. The largest absolute Gasteiger partial charge is 0.443 e. The highest BCUT2D eigenvalue weighted by atomic mass is 35.5. The first kappa shape index (κ1) is 9.76. The molecule has 2 N–H and O–H groups in total. The first-order valence-electron chi connectivity index (χ1n) is 2.87. The van der Waals surface area contributed by atoms with E-state index in [0.29, 0.717) is 11.3 Å². The van der Waals surface area contributed by atoms with Crippen LogP contribution in [0.2, 0.25) is 4.34 Å². The topological polar surface area (TPSA) is 38.9 Å². The molecule has 0 atom stereocenters. The summed E-state index contributed by atoms with van der Waals surface area (Å²) in [6.07, 6.45) is -4.43. The predicted molar refractivity (Wildman–Crippen MR) is 40.0 cm³/mol. The van der Waals surface area contributed by atoms with Crippen LogP contribution in [0, 0.1) is 0 Å². The van der Waals surface area contributed by atoms with Gasteiger partial charge in [-0.2, -0.15) is 13.2 Å². The van der Waals surface area contributed by atoms with Crippen LogP contribution in [0.1, 0.15) is 10.7 Å². The highest BCUT2D eigenvalue weighted by molar-refractivity contribution is 7.16. The molecule has 0 aliphatic heterocycles. The Morgan fingerprint density at radius 3 is 2.33 bits per heavy atom. The van der Waals surface area contributed by atoms with Crippen molar-refractivity contribution in [3.05, 3.63) is 15.0 Å². The van der Waals surface area contributed by atoms with Crippen LogP contribution in [0.15, 0.2) is 0 Å². The molecule has 0 unspecified atom stereocenters. The first-order chi connectivity index (χ1) is 5.45. The van der Waals surface area contributed by atoms with E-state index in [1.807, 2.05) is 0 Å². The summed E-state index contributed by atoms with van der Waals surface area (Å²) in [6.45, 7) is -0.0780. The summed E-state index contributed by atoms with van der Waals surface area (Å²) in [4.78, 5) is 3.24. The van der Waals surface area contributed by atoms with Crippen LogP contribution in [-0.2, 0) is 12.7 Å². The van der Waals surface area contributed by atoms with Crippen molar-refractivity contribution in [2.45, 2.75) is 12.7 Å². The number of aromatic nitrogens is 1. The molecule has 7 heteroatoms. The van der Waals surface area contributed by atoms with E-state index in [1.54, 1.807) is 0 Å². The number of alkyl halides is 3. The van der Waals surface area contributed by atoms with Crippen LogP contribution in [0.25, 0.3) is 0 Å². The summed E-state index contributed by atoms with van der Waals surface area (Å²) >= 11 is 5.82. The summed E-state index contributed by atoms with van der Waals surface area (Å²) in [5, 5.41) is -0.951. The average Bonchev–Trinajstić information content (AvgIpc) is 2.29. The average molecular weight is 217 g/mol. The Bertz CT molecular complexity index is 283. The van der Waals surface area contributed by atoms with Crippen LogP contribution in [0.3, 0.4) is 0 Å². The lowest BCUT2D eigenvalue weighted by atomic mass is 10.5. The van der Waals surface area contributed by atoms with Gasteiger partial charge in [0.15, 0.2) is 5.01 Å². The van der Waals surface area contributed by atoms with Crippen molar-refractivity contribution in [3.63, 3.8) is 0 Å². The zero-order chi connectivity index (χ0) is 9.35. The maximum absolute atomic E-state index is 12.0. The summed E-state index contributed by atoms with van der Waals surface area (Å²) < 4.78 is 35.9. The number of thiazole rings is 1. The van der Waals surface area contributed by atoms with Crippen molar-refractivity contribution in [3.8, 4) is 0 Å². The Morgan fingerprint density at radius 2 is 2.08 bits per heavy atom. The van der Waals surface area contributed by atoms with E-state index in [-0.39, 0.29) is 16.6 Å². The summed E-state index contributed by atoms with van der Waals surface area (Å²) in [5.41, 5.74) is 5.19. The highest BCUT2D eigenvalue weighted by Gasteiger charge is 2.35. The summed E-state index contributed by atoms with van der Waals surface area (Å²) in [5.74, 6) is 0. The minimum Gasteiger partial charge on any atom is -0.325 e. The van der Waals surface area contributed by atoms with Gasteiger partial charge in [-0.05, 0) is 0 Å². The molecule has 68 valence electrons. The molecule has 0 amide bonds. The van der Waals surface area contributed by atoms with Crippen molar-refractivity contribution >= 4 is 22.9 Å². The molecule has 0 saturated heterocycles. The van der Waals surface area contributed by atoms with Gasteiger partial charge in [0.1, 0.15) is 4.34 Å². The van der Waals surface area contributed by atoms with Gasteiger partial charge in [0, 0.05) is 6.54 Å². The minimum absolute atomic E-state index is 0.00447. The maximum Gasteiger partial charge on any atom is 0.443 e. The number of nitrogens with zero attached hydrogens (tertiary/aromatic N) is 1. The number of hydrogen-bond donors (Lipinski definition) is 1. The van der Waals surface area contributed by atoms with Gasteiger partial charge in [-0.15, -0.1) is 0 Å². The molecule has 0 fully saturated rings. The molecule has 12 heavy (non-hydrogen) atoms. The van der Waals surface area contributed by atoms with E-state index in [1.165, 1.54) is 0 Å². The quantitative estimate of drug-likeness (QED) is 0.782. The predicted octanol–water partition coefficient (Wildman–Crippen LogP) is 2.27. The minimum atomic E-state index is -4.43. The molecular formula is C5H4ClF3N2S. The summed E-state index contributed by atoms with van der Waals surface area (Å²) in [7, 11) is 0. The molecule has 1 rings (SSSR count). The Balaban J connectivity index is 3.05. The van der Waals surface area contributed by atoms with Gasteiger partial charge < -0.3 is 5.73 Å². The number of nitrogens with two attached hydrogens (primary N) is 1. The van der Waals surface area contributed by atoms with Gasteiger partial charge in [0.2, 0.25) is 0 Å². The zero-order valence-corrected chi connectivity index (χ0v) is 7.22. The van der Waals surface area contributed by atoms with Crippen molar-refractivity contribution in [2.24, 2.45) is 5.73 Å². The first-order valence-corrected chi connectivity index (χ1v) is 4.07. The van der Waals surface area contributed by atoms with Crippen LogP contribution >= 0.6 is 22.9 Å². The molecular weight excluding hydrogens is 213 g/mol. The van der Waals surface area contributed by atoms with Crippen molar-refractivity contribution in [1.29, 1.82) is 0 Å². The van der Waals surface area contributed by atoms with Crippen molar-refractivity contribution in [2.75, 3.05) is 0 Å². The third-order valence-electron chi connectivity index (χ3n) is 1.09. The lowest BCUT2D eigenvalue weighted by Gasteiger charge is -1.98. The molecule has 1 aromatic heterocycles. The lowest BCUT2D eigenvalue weighted by Crippen LogP contribution is -2.05. The van der Waals surface area contributed by atoms with E-state index in [2.05, 4.69) is 4.98 Å². The van der Waals surface area contributed by atoms with Crippen LogP contribution in [-0.4, -0.2) is 4.98 Å². The Kier molecular flexibility index (Phi) is 2.60. The Morgan fingerprint density at radius 1 is 1.50 bits per heavy atom. The zero-order valence-electron chi connectivity index (χ0n) is 5.65. The second-order valence-electron chi connectivity index (χ2n) is 1.94. The number of hydrogen-bond acceptors (Lipinski definition) is 3. The van der Waals surface area contributed by atoms with Gasteiger partial charge in [-0.25, -0.2) is 4.98 Å². The smallest absolute Gasteiger partial charge is 0.325 e. The van der Waals surface area contributed by atoms with E-state index >= 15 is 0 Å². The molecule has 0 spiro atoms. The third kappa shape index (κ3) is 1.88.